The van der Waals surface area contributed by atoms with Gasteiger partial charge in [0.1, 0.15) is 6.61 Å². The Labute approximate surface area is 157 Å². The molecule has 1 heterocycles. The van der Waals surface area contributed by atoms with Gasteiger partial charge in [0.15, 0.2) is 0 Å². The number of alkyl halides is 15. The summed E-state index contributed by atoms with van der Waals surface area (Å²) in [7, 11) is 0. The van der Waals surface area contributed by atoms with Gasteiger partial charge in [0.2, 0.25) is 0 Å². The second kappa shape index (κ2) is 7.48. The maximum atomic E-state index is 13.4. The molecule has 0 N–H and O–H groups in total. The molecule has 1 fully saturated rings. The predicted octanol–water partition coefficient (Wildman–Crippen LogP) is 5.41. The van der Waals surface area contributed by atoms with Crippen molar-refractivity contribution in [3.05, 3.63) is 0 Å². The molecule has 0 amide bonds. The Hall–Kier alpha value is -1.13. The van der Waals surface area contributed by atoms with E-state index in [9.17, 15) is 65.9 Å². The van der Waals surface area contributed by atoms with Gasteiger partial charge in [-0.25, -0.2) is 0 Å². The zero-order chi connectivity index (χ0) is 24.2. The Morgan fingerprint density at radius 3 is 1.40 bits per heavy atom. The molecular formula is C13H11F15O2. The fourth-order valence-electron chi connectivity index (χ4n) is 2.03. The lowest BCUT2D eigenvalue weighted by Gasteiger charge is -2.41. The summed E-state index contributed by atoms with van der Waals surface area (Å²) in [6.45, 7) is -2.22. The van der Waals surface area contributed by atoms with Gasteiger partial charge in [0.25, 0.3) is 0 Å². The van der Waals surface area contributed by atoms with Crippen molar-refractivity contribution in [1.82, 2.24) is 0 Å². The molecule has 0 spiro atoms. The van der Waals surface area contributed by atoms with Crippen molar-refractivity contribution in [2.45, 2.75) is 54.7 Å². The third kappa shape index (κ3) is 3.79. The van der Waals surface area contributed by atoms with E-state index in [1.54, 1.807) is 0 Å². The number of rotatable bonds is 9. The van der Waals surface area contributed by atoms with Crippen molar-refractivity contribution in [3.8, 4) is 0 Å². The molecule has 0 aliphatic carbocycles. The Bertz CT molecular complexity index is 612. The highest BCUT2D eigenvalue weighted by atomic mass is 19.4. The summed E-state index contributed by atoms with van der Waals surface area (Å²) in [6, 6.07) is 0. The summed E-state index contributed by atoms with van der Waals surface area (Å²) in [5.41, 5.74) is 0. The van der Waals surface area contributed by atoms with Gasteiger partial charge in [-0.15, -0.1) is 0 Å². The fourth-order valence-corrected chi connectivity index (χ4v) is 2.03. The third-order valence-corrected chi connectivity index (χ3v) is 4.17. The molecule has 2 nitrogen and oxygen atoms in total. The molecule has 1 saturated heterocycles. The van der Waals surface area contributed by atoms with Crippen molar-refractivity contribution in [2.75, 3.05) is 19.8 Å². The van der Waals surface area contributed by atoms with E-state index in [0.29, 0.717) is 0 Å². The van der Waals surface area contributed by atoms with Crippen LogP contribution in [0.4, 0.5) is 65.9 Å². The molecule has 0 saturated carbocycles. The first-order valence-electron chi connectivity index (χ1n) is 7.52. The van der Waals surface area contributed by atoms with Gasteiger partial charge in [0.05, 0.1) is 19.3 Å². The molecule has 1 rings (SSSR count). The summed E-state index contributed by atoms with van der Waals surface area (Å²) in [4.78, 5) is 0. The quantitative estimate of drug-likeness (QED) is 0.408. The highest BCUT2D eigenvalue weighted by molar-refractivity contribution is 5.13. The first-order chi connectivity index (χ1) is 13.0. The molecule has 0 aromatic rings. The zero-order valence-electron chi connectivity index (χ0n) is 14.3. The van der Waals surface area contributed by atoms with Crippen molar-refractivity contribution >= 4 is 0 Å². The van der Waals surface area contributed by atoms with Gasteiger partial charge >= 0.3 is 41.7 Å². The van der Waals surface area contributed by atoms with Crippen LogP contribution in [0.25, 0.3) is 0 Å². The topological polar surface area (TPSA) is 18.5 Å². The average Bonchev–Trinajstić information content (AvgIpc) is 2.55. The van der Waals surface area contributed by atoms with E-state index in [0.717, 1.165) is 0 Å². The van der Waals surface area contributed by atoms with E-state index in [4.69, 9.17) is 0 Å². The lowest BCUT2D eigenvalue weighted by atomic mass is 9.91. The smallest absolute Gasteiger partial charge is 0.375 e. The van der Waals surface area contributed by atoms with Crippen LogP contribution in [0.2, 0.25) is 0 Å². The summed E-state index contributed by atoms with van der Waals surface area (Å²) in [6.07, 6.45) is -8.60. The van der Waals surface area contributed by atoms with Gasteiger partial charge in [0, 0.05) is 5.92 Å². The lowest BCUT2D eigenvalue weighted by molar-refractivity contribution is -0.453. The molecule has 1 aliphatic rings. The van der Waals surface area contributed by atoms with Crippen molar-refractivity contribution in [3.63, 3.8) is 0 Å². The molecule has 2 unspecified atom stereocenters. The minimum absolute atomic E-state index is 0.0768. The first kappa shape index (κ1) is 26.9. The van der Waals surface area contributed by atoms with Crippen LogP contribution in [0.5, 0.6) is 0 Å². The second-order valence-corrected chi connectivity index (χ2v) is 6.44. The summed E-state index contributed by atoms with van der Waals surface area (Å²) < 4.78 is 203. The van der Waals surface area contributed by atoms with Crippen LogP contribution in [0.3, 0.4) is 0 Å². The lowest BCUT2D eigenvalue weighted by Crippen LogP contribution is -2.73. The number of hydrogen-bond acceptors (Lipinski definition) is 2. The van der Waals surface area contributed by atoms with Gasteiger partial charge in [-0.3, -0.25) is 0 Å². The molecule has 0 aromatic heterocycles. The van der Waals surface area contributed by atoms with E-state index >= 15 is 0 Å². The van der Waals surface area contributed by atoms with Crippen LogP contribution in [0.15, 0.2) is 0 Å². The minimum Gasteiger partial charge on any atom is -0.375 e. The van der Waals surface area contributed by atoms with Gasteiger partial charge < -0.3 is 9.47 Å². The molecular weight excluding hydrogens is 473 g/mol. The summed E-state index contributed by atoms with van der Waals surface area (Å²) in [5, 5.41) is 0. The van der Waals surface area contributed by atoms with Crippen LogP contribution in [0.1, 0.15) is 6.92 Å². The van der Waals surface area contributed by atoms with Crippen LogP contribution in [0, 0.1) is 5.92 Å². The van der Waals surface area contributed by atoms with Crippen LogP contribution >= 0.6 is 0 Å². The highest BCUT2D eigenvalue weighted by Gasteiger charge is 2.93. The fraction of sp³-hybridized carbons (Fsp3) is 1.00. The predicted molar refractivity (Wildman–Crippen MR) is 65.5 cm³/mol. The van der Waals surface area contributed by atoms with Crippen LogP contribution < -0.4 is 0 Å². The molecule has 180 valence electrons. The summed E-state index contributed by atoms with van der Waals surface area (Å²) >= 11 is 0. The monoisotopic (exact) mass is 484 g/mol. The van der Waals surface area contributed by atoms with Gasteiger partial charge in [-0.05, 0) is 0 Å². The normalized spacial score (nSPS) is 22.8. The number of halogens is 15. The molecule has 2 atom stereocenters. The standard InChI is InChI=1S/C13H11F15O2/c1-5-2-30-6(5)3-29-4-7(14,15)8(16,17)9(18,19)10(20,21)11(22,23)12(24,25)13(26,27)28/h5-6H,2-4H2,1H3. The van der Waals surface area contributed by atoms with E-state index in [2.05, 4.69) is 9.47 Å². The van der Waals surface area contributed by atoms with Gasteiger partial charge in [-0.1, -0.05) is 6.92 Å². The maximum Gasteiger partial charge on any atom is 0.460 e. The molecule has 30 heavy (non-hydrogen) atoms. The van der Waals surface area contributed by atoms with Crippen LogP contribution in [-0.2, 0) is 9.47 Å². The van der Waals surface area contributed by atoms with E-state index in [-0.39, 0.29) is 12.5 Å². The largest absolute Gasteiger partial charge is 0.460 e. The minimum atomic E-state index is -8.28. The second-order valence-electron chi connectivity index (χ2n) is 6.44. The van der Waals surface area contributed by atoms with E-state index in [1.807, 2.05) is 0 Å². The Morgan fingerprint density at radius 1 is 0.667 bits per heavy atom. The van der Waals surface area contributed by atoms with E-state index in [1.165, 1.54) is 6.92 Å². The van der Waals surface area contributed by atoms with Gasteiger partial charge in [-0.2, -0.15) is 65.9 Å². The van der Waals surface area contributed by atoms with Crippen LogP contribution in [-0.4, -0.2) is 67.6 Å². The van der Waals surface area contributed by atoms with E-state index < -0.39 is 61.0 Å². The molecule has 0 bridgehead atoms. The highest BCUT2D eigenvalue weighted by Crippen LogP contribution is 2.62. The zero-order valence-corrected chi connectivity index (χ0v) is 14.3. The third-order valence-electron chi connectivity index (χ3n) is 4.17. The maximum absolute atomic E-state index is 13.4. The Balaban J connectivity index is 3.20. The average molecular weight is 484 g/mol. The van der Waals surface area contributed by atoms with Crippen molar-refractivity contribution < 1.29 is 75.3 Å². The molecule has 0 aromatic carbocycles. The van der Waals surface area contributed by atoms with Crippen molar-refractivity contribution in [1.29, 1.82) is 0 Å². The molecule has 17 heteroatoms. The summed E-state index contributed by atoms with van der Waals surface area (Å²) in [5.74, 6) is -46.9. The molecule has 0 radical (unpaired) electrons. The Kier molecular flexibility index (Phi) is 6.71. The first-order valence-corrected chi connectivity index (χ1v) is 7.52. The number of hydrogen-bond donors (Lipinski definition) is 0. The number of ether oxygens (including phenoxy) is 2. The molecule has 1 aliphatic heterocycles. The SMILES string of the molecule is CC1COC1COCC(F)(F)C(F)(F)C(F)(F)C(F)(F)C(F)(F)C(F)(F)C(F)(F)F. The Morgan fingerprint density at radius 2 is 1.07 bits per heavy atom. The van der Waals surface area contributed by atoms with Crippen molar-refractivity contribution in [2.24, 2.45) is 5.92 Å².